The van der Waals surface area contributed by atoms with Crippen molar-refractivity contribution in [1.29, 1.82) is 0 Å². The van der Waals surface area contributed by atoms with Crippen LogP contribution in [0.4, 0.5) is 10.1 Å². The number of amides is 2. The zero-order chi connectivity index (χ0) is 28.0. The molecule has 0 aliphatic heterocycles. The third kappa shape index (κ3) is 7.19. The monoisotopic (exact) mass is 539 g/mol. The van der Waals surface area contributed by atoms with E-state index in [0.717, 1.165) is 33.1 Å². The summed E-state index contributed by atoms with van der Waals surface area (Å²) in [6, 6.07) is 17.7. The van der Waals surface area contributed by atoms with Crippen LogP contribution in [0.5, 0.6) is 0 Å². The summed E-state index contributed by atoms with van der Waals surface area (Å²) in [5, 5.41) is 2.82. The predicted molar refractivity (Wildman–Crippen MR) is 147 cm³/mol. The predicted octanol–water partition coefficient (Wildman–Crippen LogP) is 4.58. The molecular formula is C29H34FN3O4S. The van der Waals surface area contributed by atoms with E-state index in [1.165, 1.54) is 29.2 Å². The second-order valence-electron chi connectivity index (χ2n) is 9.65. The Kier molecular flexibility index (Phi) is 9.27. The number of aryl methyl sites for hydroxylation is 2. The van der Waals surface area contributed by atoms with Gasteiger partial charge in [0.15, 0.2) is 0 Å². The lowest BCUT2D eigenvalue weighted by Crippen LogP contribution is -2.52. The summed E-state index contributed by atoms with van der Waals surface area (Å²) in [6.07, 6.45) is 0. The van der Waals surface area contributed by atoms with Gasteiger partial charge in [-0.3, -0.25) is 13.9 Å². The number of nitrogens with zero attached hydrogens (tertiary/aromatic N) is 2. The molecule has 1 atom stereocenters. The minimum atomic E-state index is -4.19. The first-order valence-corrected chi connectivity index (χ1v) is 13.8. The first kappa shape index (κ1) is 28.8. The van der Waals surface area contributed by atoms with Crippen molar-refractivity contribution in [2.75, 3.05) is 10.8 Å². The van der Waals surface area contributed by atoms with Crippen LogP contribution in [0, 0.1) is 19.7 Å². The van der Waals surface area contributed by atoms with E-state index in [4.69, 9.17) is 0 Å². The molecule has 0 aliphatic carbocycles. The van der Waals surface area contributed by atoms with Gasteiger partial charge in [-0.25, -0.2) is 12.8 Å². The fourth-order valence-electron chi connectivity index (χ4n) is 3.85. The van der Waals surface area contributed by atoms with E-state index in [2.05, 4.69) is 5.32 Å². The highest BCUT2D eigenvalue weighted by molar-refractivity contribution is 7.92. The second kappa shape index (κ2) is 12.2. The lowest BCUT2D eigenvalue weighted by molar-refractivity contribution is -0.139. The number of sulfonamides is 1. The van der Waals surface area contributed by atoms with Crippen molar-refractivity contribution in [1.82, 2.24) is 10.2 Å². The number of carbonyl (C=O) groups is 2. The van der Waals surface area contributed by atoms with Gasteiger partial charge < -0.3 is 10.2 Å². The van der Waals surface area contributed by atoms with Crippen molar-refractivity contribution in [2.45, 2.75) is 58.1 Å². The van der Waals surface area contributed by atoms with Crippen LogP contribution in [-0.4, -0.2) is 43.8 Å². The standard InChI is InChI=1S/C29H34FN3O4S/c1-20(2)31-29(35)23(5)32(18-24-10-6-21(3)7-11-24)28(34)19-33(26-14-12-25(30)13-15-26)38(36,37)27-16-8-22(4)9-17-27/h6-17,20,23H,18-19H2,1-5H3,(H,31,35). The highest BCUT2D eigenvalue weighted by Gasteiger charge is 2.32. The van der Waals surface area contributed by atoms with Crippen LogP contribution < -0.4 is 9.62 Å². The number of carbonyl (C=O) groups excluding carboxylic acids is 2. The van der Waals surface area contributed by atoms with Crippen molar-refractivity contribution in [3.8, 4) is 0 Å². The average molecular weight is 540 g/mol. The van der Waals surface area contributed by atoms with Gasteiger partial charge in [-0.1, -0.05) is 47.5 Å². The van der Waals surface area contributed by atoms with E-state index >= 15 is 0 Å². The van der Waals surface area contributed by atoms with Gasteiger partial charge in [-0.2, -0.15) is 0 Å². The first-order chi connectivity index (χ1) is 17.9. The van der Waals surface area contributed by atoms with Gasteiger partial charge in [0.1, 0.15) is 18.4 Å². The summed E-state index contributed by atoms with van der Waals surface area (Å²) in [5.41, 5.74) is 2.85. The topological polar surface area (TPSA) is 86.8 Å². The van der Waals surface area contributed by atoms with E-state index in [0.29, 0.717) is 0 Å². The lowest BCUT2D eigenvalue weighted by atomic mass is 10.1. The summed E-state index contributed by atoms with van der Waals surface area (Å²) in [4.78, 5) is 28.1. The van der Waals surface area contributed by atoms with Gasteiger partial charge in [0.05, 0.1) is 10.6 Å². The van der Waals surface area contributed by atoms with E-state index < -0.39 is 34.3 Å². The molecule has 0 radical (unpaired) electrons. The highest BCUT2D eigenvalue weighted by atomic mass is 32.2. The second-order valence-corrected chi connectivity index (χ2v) is 11.5. The Morgan fingerprint density at radius 2 is 1.37 bits per heavy atom. The molecule has 0 saturated carbocycles. The Bertz CT molecular complexity index is 1360. The maximum absolute atomic E-state index is 13.8. The number of nitrogens with one attached hydrogen (secondary N) is 1. The number of rotatable bonds is 10. The maximum atomic E-state index is 13.8. The zero-order valence-electron chi connectivity index (χ0n) is 22.3. The van der Waals surface area contributed by atoms with Crippen molar-refractivity contribution in [2.24, 2.45) is 0 Å². The van der Waals surface area contributed by atoms with Gasteiger partial charge >= 0.3 is 0 Å². The summed E-state index contributed by atoms with van der Waals surface area (Å²) in [6.45, 7) is 8.57. The average Bonchev–Trinajstić information content (AvgIpc) is 2.87. The van der Waals surface area contributed by atoms with Crippen LogP contribution in [0.3, 0.4) is 0 Å². The van der Waals surface area contributed by atoms with Crippen molar-refractivity contribution in [3.63, 3.8) is 0 Å². The maximum Gasteiger partial charge on any atom is 0.264 e. The van der Waals surface area contributed by atoms with Gasteiger partial charge in [0, 0.05) is 12.6 Å². The Balaban J connectivity index is 2.02. The van der Waals surface area contributed by atoms with Crippen LogP contribution in [0.25, 0.3) is 0 Å². The molecule has 3 aromatic carbocycles. The van der Waals surface area contributed by atoms with Crippen LogP contribution in [0.2, 0.25) is 0 Å². The smallest absolute Gasteiger partial charge is 0.264 e. The Hall–Kier alpha value is -3.72. The summed E-state index contributed by atoms with van der Waals surface area (Å²) in [7, 11) is -4.19. The molecule has 202 valence electrons. The Morgan fingerprint density at radius 1 is 0.842 bits per heavy atom. The molecule has 9 heteroatoms. The summed E-state index contributed by atoms with van der Waals surface area (Å²) in [5.74, 6) is -1.46. The Labute approximate surface area is 224 Å². The van der Waals surface area contributed by atoms with Crippen molar-refractivity contribution < 1.29 is 22.4 Å². The number of anilines is 1. The number of halogens is 1. The molecule has 7 nitrogen and oxygen atoms in total. The molecule has 3 rings (SSSR count). The normalized spacial score (nSPS) is 12.2. The third-order valence-corrected chi connectivity index (χ3v) is 7.86. The molecule has 0 aromatic heterocycles. The molecule has 2 amide bonds. The molecule has 0 saturated heterocycles. The van der Waals surface area contributed by atoms with Gasteiger partial charge in [-0.15, -0.1) is 0 Å². The number of hydrogen-bond donors (Lipinski definition) is 1. The fraction of sp³-hybridized carbons (Fsp3) is 0.310. The quantitative estimate of drug-likeness (QED) is 0.409. The molecule has 1 N–H and O–H groups in total. The van der Waals surface area contributed by atoms with Crippen LogP contribution >= 0.6 is 0 Å². The van der Waals surface area contributed by atoms with E-state index in [9.17, 15) is 22.4 Å². The molecule has 0 heterocycles. The lowest BCUT2D eigenvalue weighted by Gasteiger charge is -2.32. The summed E-state index contributed by atoms with van der Waals surface area (Å²) < 4.78 is 42.1. The van der Waals surface area contributed by atoms with Crippen LogP contribution in [0.15, 0.2) is 77.7 Å². The minimum Gasteiger partial charge on any atom is -0.352 e. The molecular weight excluding hydrogens is 505 g/mol. The van der Waals surface area contributed by atoms with Crippen LogP contribution in [-0.2, 0) is 26.2 Å². The van der Waals surface area contributed by atoms with Gasteiger partial charge in [-0.05, 0) is 76.6 Å². The van der Waals surface area contributed by atoms with Gasteiger partial charge in [0.2, 0.25) is 11.8 Å². The fourth-order valence-corrected chi connectivity index (χ4v) is 5.27. The van der Waals surface area contributed by atoms with Gasteiger partial charge in [0.25, 0.3) is 10.0 Å². The third-order valence-electron chi connectivity index (χ3n) is 6.07. The van der Waals surface area contributed by atoms with E-state index in [-0.39, 0.29) is 29.1 Å². The SMILES string of the molecule is Cc1ccc(CN(C(=O)CN(c2ccc(F)cc2)S(=O)(=O)c2ccc(C)cc2)C(C)C(=O)NC(C)C)cc1. The van der Waals surface area contributed by atoms with E-state index in [1.807, 2.05) is 52.0 Å². The first-order valence-electron chi connectivity index (χ1n) is 12.4. The minimum absolute atomic E-state index is 0.00379. The number of benzene rings is 3. The van der Waals surface area contributed by atoms with Crippen LogP contribution in [0.1, 0.15) is 37.5 Å². The summed E-state index contributed by atoms with van der Waals surface area (Å²) >= 11 is 0. The highest BCUT2D eigenvalue weighted by Crippen LogP contribution is 2.25. The number of hydrogen-bond acceptors (Lipinski definition) is 4. The molecule has 0 spiro atoms. The largest absolute Gasteiger partial charge is 0.352 e. The molecule has 3 aromatic rings. The molecule has 0 fully saturated rings. The molecule has 1 unspecified atom stereocenters. The molecule has 38 heavy (non-hydrogen) atoms. The van der Waals surface area contributed by atoms with Crippen molar-refractivity contribution in [3.05, 3.63) is 95.3 Å². The molecule has 0 aliphatic rings. The van der Waals surface area contributed by atoms with E-state index in [1.54, 1.807) is 19.1 Å². The van der Waals surface area contributed by atoms with Crippen molar-refractivity contribution >= 4 is 27.5 Å². The zero-order valence-corrected chi connectivity index (χ0v) is 23.1. The Morgan fingerprint density at radius 3 is 1.89 bits per heavy atom. The molecule has 0 bridgehead atoms.